The molecule has 0 atom stereocenters. The molecule has 20 heavy (non-hydrogen) atoms. The van der Waals surface area contributed by atoms with E-state index < -0.39 is 0 Å². The van der Waals surface area contributed by atoms with Crippen LogP contribution in [-0.2, 0) is 16.1 Å². The normalized spacial score (nSPS) is 15.2. The fourth-order valence-corrected chi connectivity index (χ4v) is 2.29. The average Bonchev–Trinajstić information content (AvgIpc) is 2.48. The molecule has 5 heteroatoms. The molecule has 0 bridgehead atoms. The highest BCUT2D eigenvalue weighted by atomic mass is 16.2. The van der Waals surface area contributed by atoms with Crippen molar-refractivity contribution in [2.24, 2.45) is 0 Å². The van der Waals surface area contributed by atoms with Gasteiger partial charge in [0, 0.05) is 39.6 Å². The van der Waals surface area contributed by atoms with Gasteiger partial charge in [0.15, 0.2) is 0 Å². The zero-order chi connectivity index (χ0) is 14.4. The van der Waals surface area contributed by atoms with Gasteiger partial charge in [-0.25, -0.2) is 0 Å². The van der Waals surface area contributed by atoms with E-state index in [0.29, 0.717) is 39.3 Å². The Morgan fingerprint density at radius 3 is 2.25 bits per heavy atom. The van der Waals surface area contributed by atoms with Crippen molar-refractivity contribution in [3.05, 3.63) is 35.9 Å². The number of nitrogens with one attached hydrogen (secondary N) is 1. The number of benzene rings is 1. The number of hydrogen-bond donors (Lipinski definition) is 1. The van der Waals surface area contributed by atoms with E-state index in [2.05, 4.69) is 5.32 Å². The van der Waals surface area contributed by atoms with Crippen LogP contribution in [0.1, 0.15) is 12.5 Å². The van der Waals surface area contributed by atoms with Crippen LogP contribution in [0.5, 0.6) is 0 Å². The molecule has 0 radical (unpaired) electrons. The molecule has 1 aliphatic heterocycles. The number of carbonyl (C=O) groups excluding carboxylic acids is 2. The van der Waals surface area contributed by atoms with Gasteiger partial charge in [-0.05, 0) is 5.56 Å². The lowest BCUT2D eigenvalue weighted by Crippen LogP contribution is -2.51. The summed E-state index contributed by atoms with van der Waals surface area (Å²) in [6.45, 7) is 5.14. The summed E-state index contributed by atoms with van der Waals surface area (Å²) in [7, 11) is 0. The second-order valence-corrected chi connectivity index (χ2v) is 4.98. The molecule has 0 spiro atoms. The second kappa shape index (κ2) is 7.05. The maximum absolute atomic E-state index is 12.0. The third-order valence-corrected chi connectivity index (χ3v) is 3.53. The Bertz CT molecular complexity index is 453. The molecule has 1 heterocycles. The number of rotatable bonds is 4. The fourth-order valence-electron chi connectivity index (χ4n) is 2.29. The summed E-state index contributed by atoms with van der Waals surface area (Å²) in [5, 5.41) is 3.16. The van der Waals surface area contributed by atoms with Crippen LogP contribution >= 0.6 is 0 Å². The lowest BCUT2D eigenvalue weighted by molar-refractivity contribution is -0.137. The molecular formula is C15H21N3O2. The smallest absolute Gasteiger partial charge is 0.236 e. The standard InChI is InChI=1S/C15H21N3O2/c1-13(19)17-7-9-18(10-8-17)15(20)12-16-11-14-5-3-2-4-6-14/h2-6,16H,7-12H2,1H3. The van der Waals surface area contributed by atoms with Crippen LogP contribution in [0.25, 0.3) is 0 Å². The van der Waals surface area contributed by atoms with E-state index in [4.69, 9.17) is 0 Å². The second-order valence-electron chi connectivity index (χ2n) is 4.98. The van der Waals surface area contributed by atoms with Gasteiger partial charge >= 0.3 is 0 Å². The van der Waals surface area contributed by atoms with Crippen molar-refractivity contribution in [3.63, 3.8) is 0 Å². The third kappa shape index (κ3) is 4.06. The van der Waals surface area contributed by atoms with E-state index in [1.165, 1.54) is 5.56 Å². The van der Waals surface area contributed by atoms with Gasteiger partial charge in [0.1, 0.15) is 0 Å². The van der Waals surface area contributed by atoms with Crippen molar-refractivity contribution < 1.29 is 9.59 Å². The van der Waals surface area contributed by atoms with Gasteiger partial charge in [-0.2, -0.15) is 0 Å². The predicted molar refractivity (Wildman–Crippen MR) is 77.0 cm³/mol. The van der Waals surface area contributed by atoms with Crippen molar-refractivity contribution in [3.8, 4) is 0 Å². The molecule has 5 nitrogen and oxygen atoms in total. The minimum Gasteiger partial charge on any atom is -0.339 e. The first-order valence-electron chi connectivity index (χ1n) is 6.95. The quantitative estimate of drug-likeness (QED) is 0.869. The van der Waals surface area contributed by atoms with Crippen molar-refractivity contribution in [1.29, 1.82) is 0 Å². The van der Waals surface area contributed by atoms with Crippen LogP contribution in [0, 0.1) is 0 Å². The van der Waals surface area contributed by atoms with Crippen LogP contribution in [0.4, 0.5) is 0 Å². The summed E-state index contributed by atoms with van der Waals surface area (Å²) in [4.78, 5) is 26.8. The van der Waals surface area contributed by atoms with Crippen molar-refractivity contribution in [2.75, 3.05) is 32.7 Å². The maximum Gasteiger partial charge on any atom is 0.236 e. The first kappa shape index (κ1) is 14.5. The van der Waals surface area contributed by atoms with Gasteiger partial charge in [0.2, 0.25) is 11.8 Å². The van der Waals surface area contributed by atoms with Crippen LogP contribution in [0.3, 0.4) is 0 Å². The molecule has 2 rings (SSSR count). The molecule has 2 amide bonds. The Hall–Kier alpha value is -1.88. The molecular weight excluding hydrogens is 254 g/mol. The lowest BCUT2D eigenvalue weighted by Gasteiger charge is -2.34. The maximum atomic E-state index is 12.0. The molecule has 0 unspecified atom stereocenters. The predicted octanol–water partition coefficient (Wildman–Crippen LogP) is 0.467. The molecule has 1 aromatic carbocycles. The van der Waals surface area contributed by atoms with E-state index >= 15 is 0 Å². The van der Waals surface area contributed by atoms with E-state index in [1.54, 1.807) is 11.8 Å². The van der Waals surface area contributed by atoms with Crippen molar-refractivity contribution >= 4 is 11.8 Å². The molecule has 1 saturated heterocycles. The Labute approximate surface area is 119 Å². The first-order chi connectivity index (χ1) is 9.66. The molecule has 0 aromatic heterocycles. The van der Waals surface area contributed by atoms with Crippen molar-refractivity contribution in [1.82, 2.24) is 15.1 Å². The van der Waals surface area contributed by atoms with Crippen LogP contribution in [0.15, 0.2) is 30.3 Å². The van der Waals surface area contributed by atoms with Gasteiger partial charge in [-0.15, -0.1) is 0 Å². The SMILES string of the molecule is CC(=O)N1CCN(C(=O)CNCc2ccccc2)CC1. The Morgan fingerprint density at radius 2 is 1.65 bits per heavy atom. The number of nitrogens with zero attached hydrogens (tertiary/aromatic N) is 2. The first-order valence-corrected chi connectivity index (χ1v) is 6.95. The Morgan fingerprint density at radius 1 is 1.05 bits per heavy atom. The summed E-state index contributed by atoms with van der Waals surface area (Å²) < 4.78 is 0. The van der Waals surface area contributed by atoms with Gasteiger partial charge < -0.3 is 15.1 Å². The summed E-state index contributed by atoms with van der Waals surface area (Å²) in [6.07, 6.45) is 0. The van der Waals surface area contributed by atoms with E-state index in [0.717, 1.165) is 0 Å². The molecule has 108 valence electrons. The Balaban J connectivity index is 1.69. The number of hydrogen-bond acceptors (Lipinski definition) is 3. The molecule has 0 aliphatic carbocycles. The zero-order valence-electron chi connectivity index (χ0n) is 11.8. The van der Waals surface area contributed by atoms with Gasteiger partial charge in [-0.1, -0.05) is 30.3 Å². The van der Waals surface area contributed by atoms with Gasteiger partial charge in [0.25, 0.3) is 0 Å². The number of amides is 2. The highest BCUT2D eigenvalue weighted by molar-refractivity contribution is 5.79. The topological polar surface area (TPSA) is 52.7 Å². The lowest BCUT2D eigenvalue weighted by atomic mass is 10.2. The monoisotopic (exact) mass is 275 g/mol. The minimum absolute atomic E-state index is 0.0827. The minimum atomic E-state index is 0.0827. The fraction of sp³-hybridized carbons (Fsp3) is 0.467. The van der Waals surface area contributed by atoms with E-state index in [-0.39, 0.29) is 11.8 Å². The number of piperazine rings is 1. The molecule has 1 fully saturated rings. The molecule has 1 aromatic rings. The summed E-state index contributed by atoms with van der Waals surface area (Å²) >= 11 is 0. The van der Waals surface area contributed by atoms with E-state index in [9.17, 15) is 9.59 Å². The van der Waals surface area contributed by atoms with Gasteiger partial charge in [0.05, 0.1) is 6.54 Å². The van der Waals surface area contributed by atoms with Gasteiger partial charge in [-0.3, -0.25) is 9.59 Å². The van der Waals surface area contributed by atoms with Crippen LogP contribution < -0.4 is 5.32 Å². The Kier molecular flexibility index (Phi) is 5.12. The molecule has 1 N–H and O–H groups in total. The largest absolute Gasteiger partial charge is 0.339 e. The third-order valence-electron chi connectivity index (χ3n) is 3.53. The highest BCUT2D eigenvalue weighted by Gasteiger charge is 2.21. The van der Waals surface area contributed by atoms with Crippen LogP contribution in [-0.4, -0.2) is 54.3 Å². The van der Waals surface area contributed by atoms with Crippen molar-refractivity contribution in [2.45, 2.75) is 13.5 Å². The summed E-state index contributed by atoms with van der Waals surface area (Å²) in [6, 6.07) is 10.0. The summed E-state index contributed by atoms with van der Waals surface area (Å²) in [5.74, 6) is 0.184. The van der Waals surface area contributed by atoms with Crippen LogP contribution in [0.2, 0.25) is 0 Å². The molecule has 1 aliphatic rings. The summed E-state index contributed by atoms with van der Waals surface area (Å²) in [5.41, 5.74) is 1.17. The zero-order valence-corrected chi connectivity index (χ0v) is 11.8. The highest BCUT2D eigenvalue weighted by Crippen LogP contribution is 2.02. The molecule has 0 saturated carbocycles. The number of carbonyl (C=O) groups is 2. The average molecular weight is 275 g/mol. The van der Waals surface area contributed by atoms with E-state index in [1.807, 2.05) is 35.2 Å².